The summed E-state index contributed by atoms with van der Waals surface area (Å²) in [4.78, 5) is 10.2. The lowest BCUT2D eigenvalue weighted by molar-refractivity contribution is 0.674. The SMILES string of the molecule is CCCCCCN=C(C(=NCCCCCC)c1ccc(C)cc1)c1ccc(C)cc1. The predicted octanol–water partition coefficient (Wildman–Crippen LogP) is 7.74. The van der Waals surface area contributed by atoms with Gasteiger partial charge in [0, 0.05) is 24.2 Å². The van der Waals surface area contributed by atoms with E-state index >= 15 is 0 Å². The van der Waals surface area contributed by atoms with E-state index in [1.165, 1.54) is 60.8 Å². The minimum absolute atomic E-state index is 0.865. The molecule has 0 saturated carbocycles. The third kappa shape index (κ3) is 8.26. The number of benzene rings is 2. The van der Waals surface area contributed by atoms with Gasteiger partial charge in [0.05, 0.1) is 11.4 Å². The molecule has 0 radical (unpaired) electrons. The van der Waals surface area contributed by atoms with Crippen LogP contribution in [0, 0.1) is 13.8 Å². The Bertz CT molecular complexity index is 713. The van der Waals surface area contributed by atoms with Crippen molar-refractivity contribution < 1.29 is 0 Å². The molecule has 0 unspecified atom stereocenters. The van der Waals surface area contributed by atoms with E-state index in [1.807, 2.05) is 0 Å². The summed E-state index contributed by atoms with van der Waals surface area (Å²) in [6.45, 7) is 10.5. The molecule has 0 fully saturated rings. The Morgan fingerprint density at radius 2 is 0.900 bits per heavy atom. The number of hydrogen-bond donors (Lipinski definition) is 0. The highest BCUT2D eigenvalue weighted by Crippen LogP contribution is 2.14. The zero-order chi connectivity index (χ0) is 21.6. The van der Waals surface area contributed by atoms with Gasteiger partial charge in [0.15, 0.2) is 0 Å². The molecular weight excluding hydrogens is 364 g/mol. The topological polar surface area (TPSA) is 24.7 Å². The van der Waals surface area contributed by atoms with Crippen LogP contribution in [0.15, 0.2) is 58.5 Å². The molecule has 162 valence electrons. The number of aliphatic imine (C=N–C) groups is 2. The highest BCUT2D eigenvalue weighted by atomic mass is 14.8. The summed E-state index contributed by atoms with van der Waals surface area (Å²) in [7, 11) is 0. The molecule has 0 aliphatic carbocycles. The lowest BCUT2D eigenvalue weighted by Crippen LogP contribution is -2.19. The molecule has 2 rings (SSSR count). The molecule has 0 atom stereocenters. The first-order valence-electron chi connectivity index (χ1n) is 11.9. The van der Waals surface area contributed by atoms with E-state index in [-0.39, 0.29) is 0 Å². The minimum Gasteiger partial charge on any atom is -0.282 e. The molecule has 2 nitrogen and oxygen atoms in total. The van der Waals surface area contributed by atoms with Crippen LogP contribution in [-0.2, 0) is 0 Å². The van der Waals surface area contributed by atoms with Crippen LogP contribution < -0.4 is 0 Å². The van der Waals surface area contributed by atoms with Crippen LogP contribution in [0.1, 0.15) is 87.5 Å². The second kappa shape index (κ2) is 13.9. The van der Waals surface area contributed by atoms with Crippen molar-refractivity contribution in [2.75, 3.05) is 13.1 Å². The standard InChI is InChI=1S/C28H40N2/c1-5-7-9-11-21-29-27(25-17-13-23(3)14-18-25)28(30-22-12-10-8-6-2)26-19-15-24(4)16-20-26/h13-20H,5-12,21-22H2,1-4H3. The van der Waals surface area contributed by atoms with Crippen molar-refractivity contribution in [2.45, 2.75) is 79.1 Å². The van der Waals surface area contributed by atoms with Crippen LogP contribution in [-0.4, -0.2) is 24.5 Å². The molecule has 0 bridgehead atoms. The first-order chi connectivity index (χ1) is 14.7. The Morgan fingerprint density at radius 3 is 1.23 bits per heavy atom. The normalized spacial score (nSPS) is 12.4. The summed E-state index contributed by atoms with van der Waals surface area (Å²) in [6.07, 6.45) is 9.84. The zero-order valence-corrected chi connectivity index (χ0v) is 19.6. The number of rotatable bonds is 13. The van der Waals surface area contributed by atoms with Crippen molar-refractivity contribution in [1.29, 1.82) is 0 Å². The van der Waals surface area contributed by atoms with Crippen molar-refractivity contribution in [1.82, 2.24) is 0 Å². The van der Waals surface area contributed by atoms with Gasteiger partial charge in [-0.05, 0) is 26.7 Å². The van der Waals surface area contributed by atoms with Gasteiger partial charge in [0.2, 0.25) is 0 Å². The van der Waals surface area contributed by atoms with Gasteiger partial charge in [-0.2, -0.15) is 0 Å². The van der Waals surface area contributed by atoms with Crippen LogP contribution in [0.3, 0.4) is 0 Å². The maximum absolute atomic E-state index is 5.10. The Balaban J connectivity index is 2.36. The third-order valence-electron chi connectivity index (χ3n) is 5.44. The van der Waals surface area contributed by atoms with Gasteiger partial charge in [-0.1, -0.05) is 112 Å². The summed E-state index contributed by atoms with van der Waals surface area (Å²) in [5, 5.41) is 0. The molecule has 0 aromatic heterocycles. The first-order valence-corrected chi connectivity index (χ1v) is 11.9. The molecule has 2 heteroatoms. The van der Waals surface area contributed by atoms with Crippen molar-refractivity contribution in [3.8, 4) is 0 Å². The van der Waals surface area contributed by atoms with Gasteiger partial charge >= 0.3 is 0 Å². The number of nitrogens with zero attached hydrogens (tertiary/aromatic N) is 2. The summed E-state index contributed by atoms with van der Waals surface area (Å²) in [5.41, 5.74) is 6.98. The van der Waals surface area contributed by atoms with E-state index in [0.29, 0.717) is 0 Å². The molecule has 0 amide bonds. The van der Waals surface area contributed by atoms with Crippen molar-refractivity contribution in [3.63, 3.8) is 0 Å². The molecule has 0 aliphatic rings. The van der Waals surface area contributed by atoms with Crippen molar-refractivity contribution in [3.05, 3.63) is 70.8 Å². The van der Waals surface area contributed by atoms with E-state index in [2.05, 4.69) is 76.2 Å². The molecule has 2 aromatic carbocycles. The smallest absolute Gasteiger partial charge is 0.0904 e. The van der Waals surface area contributed by atoms with E-state index in [1.54, 1.807) is 0 Å². The van der Waals surface area contributed by atoms with Gasteiger partial charge in [-0.3, -0.25) is 9.98 Å². The van der Waals surface area contributed by atoms with Crippen LogP contribution >= 0.6 is 0 Å². The fourth-order valence-electron chi connectivity index (χ4n) is 3.49. The monoisotopic (exact) mass is 404 g/mol. The maximum atomic E-state index is 5.10. The number of aryl methyl sites for hydroxylation is 2. The summed E-state index contributed by atoms with van der Waals surface area (Å²) in [6, 6.07) is 17.5. The van der Waals surface area contributed by atoms with E-state index in [4.69, 9.17) is 9.98 Å². The molecule has 0 saturated heterocycles. The van der Waals surface area contributed by atoms with Crippen molar-refractivity contribution >= 4 is 11.4 Å². The van der Waals surface area contributed by atoms with E-state index < -0.39 is 0 Å². The molecule has 2 aromatic rings. The van der Waals surface area contributed by atoms with Crippen LogP contribution in [0.25, 0.3) is 0 Å². The highest BCUT2D eigenvalue weighted by Gasteiger charge is 2.14. The van der Waals surface area contributed by atoms with Crippen LogP contribution in [0.2, 0.25) is 0 Å². The molecule has 0 spiro atoms. The Hall–Kier alpha value is -2.22. The maximum Gasteiger partial charge on any atom is 0.0904 e. The van der Waals surface area contributed by atoms with E-state index in [0.717, 1.165) is 37.4 Å². The Labute approximate surface area is 184 Å². The molecule has 30 heavy (non-hydrogen) atoms. The highest BCUT2D eigenvalue weighted by molar-refractivity contribution is 6.53. The van der Waals surface area contributed by atoms with Gasteiger partial charge < -0.3 is 0 Å². The van der Waals surface area contributed by atoms with Crippen molar-refractivity contribution in [2.24, 2.45) is 9.98 Å². The summed E-state index contributed by atoms with van der Waals surface area (Å²) >= 11 is 0. The lowest BCUT2D eigenvalue weighted by atomic mass is 9.97. The third-order valence-corrected chi connectivity index (χ3v) is 5.44. The van der Waals surface area contributed by atoms with Gasteiger partial charge in [-0.15, -0.1) is 0 Å². The van der Waals surface area contributed by atoms with E-state index in [9.17, 15) is 0 Å². The van der Waals surface area contributed by atoms with Gasteiger partial charge in [0.25, 0.3) is 0 Å². The Morgan fingerprint density at radius 1 is 0.533 bits per heavy atom. The van der Waals surface area contributed by atoms with Crippen LogP contribution in [0.5, 0.6) is 0 Å². The second-order valence-corrected chi connectivity index (χ2v) is 8.31. The lowest BCUT2D eigenvalue weighted by Gasteiger charge is -2.13. The second-order valence-electron chi connectivity index (χ2n) is 8.31. The molecular formula is C28H40N2. The van der Waals surface area contributed by atoms with Gasteiger partial charge in [-0.25, -0.2) is 0 Å². The molecule has 0 aliphatic heterocycles. The average Bonchev–Trinajstić information content (AvgIpc) is 2.76. The quantitative estimate of drug-likeness (QED) is 0.241. The minimum atomic E-state index is 0.865. The largest absolute Gasteiger partial charge is 0.282 e. The average molecular weight is 405 g/mol. The van der Waals surface area contributed by atoms with Gasteiger partial charge in [0.1, 0.15) is 0 Å². The molecule has 0 N–H and O–H groups in total. The number of unbranched alkanes of at least 4 members (excludes halogenated alkanes) is 6. The fraction of sp³-hybridized carbons (Fsp3) is 0.500. The molecule has 0 heterocycles. The zero-order valence-electron chi connectivity index (χ0n) is 19.6. The fourth-order valence-corrected chi connectivity index (χ4v) is 3.49. The summed E-state index contributed by atoms with van der Waals surface area (Å²) in [5.74, 6) is 0. The summed E-state index contributed by atoms with van der Waals surface area (Å²) < 4.78 is 0. The Kier molecular flexibility index (Phi) is 11.1. The predicted molar refractivity (Wildman–Crippen MR) is 133 cm³/mol. The van der Waals surface area contributed by atoms with Crippen LogP contribution in [0.4, 0.5) is 0 Å². The first kappa shape index (κ1) is 24.1. The number of hydrogen-bond acceptors (Lipinski definition) is 2.